The van der Waals surface area contributed by atoms with Crippen LogP contribution in [0.2, 0.25) is 0 Å². The normalized spacial score (nSPS) is 19.8. The average Bonchev–Trinajstić information content (AvgIpc) is 3.07. The predicted octanol–water partition coefficient (Wildman–Crippen LogP) is 2.79. The fraction of sp³-hybridized carbons (Fsp3) is 0.829. The summed E-state index contributed by atoms with van der Waals surface area (Å²) < 4.78 is 20.9. The maximum atomic E-state index is 13.2. The van der Waals surface area contributed by atoms with E-state index < -0.39 is 29.7 Å². The summed E-state index contributed by atoms with van der Waals surface area (Å²) >= 11 is 0. The largest absolute Gasteiger partial charge is 0.480 e. The third-order valence-corrected chi connectivity index (χ3v) is 8.14. The minimum Gasteiger partial charge on any atom is -0.480 e. The van der Waals surface area contributed by atoms with Crippen molar-refractivity contribution in [3.63, 3.8) is 0 Å². The van der Waals surface area contributed by atoms with Crippen LogP contribution in [-0.2, 0) is 47.7 Å². The summed E-state index contributed by atoms with van der Waals surface area (Å²) in [6.45, 7) is 1.39. The number of carboxylic acids is 1. The lowest BCUT2D eigenvalue weighted by atomic mass is 9.91. The van der Waals surface area contributed by atoms with E-state index in [9.17, 15) is 33.9 Å². The number of aliphatic carboxylic acids is 1. The van der Waals surface area contributed by atoms with Crippen molar-refractivity contribution in [1.29, 1.82) is 0 Å². The van der Waals surface area contributed by atoms with Crippen LogP contribution in [0.15, 0.2) is 0 Å². The molecule has 1 aliphatic rings. The Balaban J connectivity index is 2.46. The number of Topliss-reactive ketones (excluding diaryl/α,β-unsaturated/α-hetero) is 1. The first-order valence-corrected chi connectivity index (χ1v) is 18.1. The van der Waals surface area contributed by atoms with Crippen molar-refractivity contribution in [1.82, 2.24) is 16.0 Å². The Kier molecular flexibility index (Phi) is 28.0. The fourth-order valence-electron chi connectivity index (χ4n) is 5.39. The van der Waals surface area contributed by atoms with E-state index >= 15 is 0 Å². The molecule has 0 aromatic heterocycles. The first-order chi connectivity index (χ1) is 23.8. The quantitative estimate of drug-likeness (QED) is 0.121. The molecule has 0 aliphatic carbocycles. The number of ether oxygens (including phenoxy) is 4. The Morgan fingerprint density at radius 1 is 0.673 bits per heavy atom. The standard InChI is InChI=1S/C35H60N3O11/c39-19-22-48-24-23-46-20-17-36-33(42)28-49-26-25-47-21-18-37-34(43)29-27-30(35(44)45)38-32(41)16-14-12-10-8-6-4-2-1-3-5-7-9-11-13-15-31(29)40/h29-30H,1-18,20-28H2,(H,36,42)(H,37,43)(H,38,41)(H,44,45)/t29?,30-/m0/s1. The summed E-state index contributed by atoms with van der Waals surface area (Å²) in [6, 6.07) is -1.35. The Bertz CT molecular complexity index is 935. The zero-order valence-electron chi connectivity index (χ0n) is 29.3. The van der Waals surface area contributed by atoms with E-state index in [1.165, 1.54) is 38.5 Å². The number of ketones is 1. The Hall–Kier alpha value is -2.94. The highest BCUT2D eigenvalue weighted by Crippen LogP contribution is 2.17. The average molecular weight is 699 g/mol. The molecule has 1 saturated heterocycles. The number of carboxylic acid groups (broad SMARTS) is 1. The second kappa shape index (κ2) is 31.1. The Morgan fingerprint density at radius 2 is 1.16 bits per heavy atom. The van der Waals surface area contributed by atoms with Crippen LogP contribution >= 0.6 is 0 Å². The van der Waals surface area contributed by atoms with Crippen molar-refractivity contribution in [2.45, 2.75) is 115 Å². The highest BCUT2D eigenvalue weighted by molar-refractivity contribution is 6.02. The van der Waals surface area contributed by atoms with Gasteiger partial charge in [-0.2, -0.15) is 0 Å². The molecule has 2 atom stereocenters. The lowest BCUT2D eigenvalue weighted by molar-refractivity contribution is -0.143. The molecule has 0 bridgehead atoms. The van der Waals surface area contributed by atoms with Crippen LogP contribution in [0.3, 0.4) is 0 Å². The summed E-state index contributed by atoms with van der Waals surface area (Å²) in [4.78, 5) is 72.7. The smallest absolute Gasteiger partial charge is 0.326 e. The van der Waals surface area contributed by atoms with Crippen LogP contribution in [0.5, 0.6) is 0 Å². The molecular weight excluding hydrogens is 638 g/mol. The van der Waals surface area contributed by atoms with Crippen LogP contribution < -0.4 is 16.0 Å². The number of nitrogens with one attached hydrogen (secondary N) is 3. The van der Waals surface area contributed by atoms with Crippen LogP contribution in [0, 0.1) is 5.92 Å². The molecule has 281 valence electrons. The summed E-state index contributed by atoms with van der Waals surface area (Å²) in [6.07, 6.45) is 16.4. The van der Waals surface area contributed by atoms with Gasteiger partial charge in [-0.15, -0.1) is 0 Å². The summed E-state index contributed by atoms with van der Waals surface area (Å²) in [5.41, 5.74) is 0. The van der Waals surface area contributed by atoms with E-state index in [1.807, 2.05) is 0 Å². The highest BCUT2D eigenvalue weighted by Gasteiger charge is 2.32. The van der Waals surface area contributed by atoms with E-state index in [-0.39, 0.29) is 83.7 Å². The van der Waals surface area contributed by atoms with E-state index in [1.54, 1.807) is 6.29 Å². The third-order valence-electron chi connectivity index (χ3n) is 8.14. The lowest BCUT2D eigenvalue weighted by Gasteiger charge is -2.21. The second-order valence-corrected chi connectivity index (χ2v) is 12.3. The Morgan fingerprint density at radius 3 is 1.71 bits per heavy atom. The van der Waals surface area contributed by atoms with Crippen LogP contribution in [-0.4, -0.2) is 113 Å². The topological polar surface area (TPSA) is 196 Å². The minimum atomic E-state index is -1.35. The van der Waals surface area contributed by atoms with Gasteiger partial charge < -0.3 is 40.0 Å². The first kappa shape index (κ1) is 44.1. The summed E-state index contributed by atoms with van der Waals surface area (Å²) in [5.74, 6) is -4.12. The molecule has 1 rings (SSSR count). The van der Waals surface area contributed by atoms with Gasteiger partial charge >= 0.3 is 5.97 Å². The minimum absolute atomic E-state index is 0.0889. The van der Waals surface area contributed by atoms with Gasteiger partial charge in [0.05, 0.1) is 45.6 Å². The predicted molar refractivity (Wildman–Crippen MR) is 182 cm³/mol. The molecule has 14 nitrogen and oxygen atoms in total. The van der Waals surface area contributed by atoms with Crippen molar-refractivity contribution in [2.75, 3.05) is 65.9 Å². The lowest BCUT2D eigenvalue weighted by Crippen LogP contribution is -2.46. The molecule has 1 aliphatic heterocycles. The number of hydrogen-bond acceptors (Lipinski definition) is 10. The zero-order valence-corrected chi connectivity index (χ0v) is 29.3. The van der Waals surface area contributed by atoms with E-state index in [0.717, 1.165) is 38.5 Å². The molecule has 0 saturated carbocycles. The maximum absolute atomic E-state index is 13.2. The first-order valence-electron chi connectivity index (χ1n) is 18.1. The molecule has 4 N–H and O–H groups in total. The maximum Gasteiger partial charge on any atom is 0.326 e. The number of amides is 3. The molecule has 0 spiro atoms. The van der Waals surface area contributed by atoms with Gasteiger partial charge in [0.2, 0.25) is 24.0 Å². The second-order valence-electron chi connectivity index (χ2n) is 12.3. The van der Waals surface area contributed by atoms with Gasteiger partial charge in [-0.3, -0.25) is 24.0 Å². The highest BCUT2D eigenvalue weighted by atomic mass is 16.5. The number of carbonyl (C=O) groups excluding carboxylic acids is 5. The molecule has 1 fully saturated rings. The number of hydrogen-bond donors (Lipinski definition) is 4. The molecule has 14 heteroatoms. The van der Waals surface area contributed by atoms with E-state index in [4.69, 9.17) is 18.9 Å². The monoisotopic (exact) mass is 698 g/mol. The molecule has 3 amide bonds. The molecule has 1 radical (unpaired) electrons. The molecule has 0 aromatic rings. The summed E-state index contributed by atoms with van der Waals surface area (Å²) in [7, 11) is 0. The molecule has 1 heterocycles. The van der Waals surface area contributed by atoms with Crippen molar-refractivity contribution < 1.29 is 52.8 Å². The zero-order chi connectivity index (χ0) is 35.8. The van der Waals surface area contributed by atoms with Crippen LogP contribution in [0.4, 0.5) is 0 Å². The summed E-state index contributed by atoms with van der Waals surface area (Å²) in [5, 5.41) is 17.7. The number of carbonyl (C=O) groups is 5. The van der Waals surface area contributed by atoms with Gasteiger partial charge in [0.1, 0.15) is 25.0 Å². The van der Waals surface area contributed by atoms with Crippen molar-refractivity contribution >= 4 is 35.8 Å². The molecular formula is C35H60N3O11. The molecule has 1 unspecified atom stereocenters. The van der Waals surface area contributed by atoms with Gasteiger partial charge in [0, 0.05) is 25.9 Å². The SMILES string of the molecule is O=[C]COCCOCCNC(=O)COCCOCCNC(=O)C1C[C@@H](C(=O)O)NC(=O)CCCCCCCCCCCCCCCCC1=O. The van der Waals surface area contributed by atoms with Crippen LogP contribution in [0.25, 0.3) is 0 Å². The third kappa shape index (κ3) is 25.7. The van der Waals surface area contributed by atoms with Gasteiger partial charge in [-0.05, 0) is 19.3 Å². The molecule has 0 aromatic carbocycles. The van der Waals surface area contributed by atoms with Gasteiger partial charge in [-0.1, -0.05) is 77.0 Å². The van der Waals surface area contributed by atoms with Crippen molar-refractivity contribution in [3.8, 4) is 0 Å². The van der Waals surface area contributed by atoms with Gasteiger partial charge in [0.25, 0.3) is 0 Å². The number of rotatable bonds is 18. The van der Waals surface area contributed by atoms with Gasteiger partial charge in [-0.25, -0.2) is 4.79 Å². The van der Waals surface area contributed by atoms with Crippen molar-refractivity contribution in [2.24, 2.45) is 5.92 Å². The van der Waals surface area contributed by atoms with E-state index in [2.05, 4.69) is 16.0 Å². The fourth-order valence-corrected chi connectivity index (χ4v) is 5.39. The van der Waals surface area contributed by atoms with Crippen molar-refractivity contribution in [3.05, 3.63) is 0 Å². The van der Waals surface area contributed by atoms with Crippen LogP contribution in [0.1, 0.15) is 109 Å². The van der Waals surface area contributed by atoms with Gasteiger partial charge in [0.15, 0.2) is 0 Å². The van der Waals surface area contributed by atoms with E-state index in [0.29, 0.717) is 26.0 Å². The Labute approximate surface area is 291 Å². The molecule has 49 heavy (non-hydrogen) atoms.